The van der Waals surface area contributed by atoms with E-state index < -0.39 is 0 Å². The molecule has 0 radical (unpaired) electrons. The predicted molar refractivity (Wildman–Crippen MR) is 66.1 cm³/mol. The third kappa shape index (κ3) is 11.0. The second-order valence-corrected chi connectivity index (χ2v) is 3.18. The highest BCUT2D eigenvalue weighted by Crippen LogP contribution is 1.81. The Balaban J connectivity index is 3.36. The molecule has 1 atom stereocenters. The highest BCUT2D eigenvalue weighted by atomic mass is 14.9. The van der Waals surface area contributed by atoms with Crippen LogP contribution in [0.2, 0.25) is 0 Å². The lowest BCUT2D eigenvalue weighted by Gasteiger charge is -2.07. The third-order valence-corrected chi connectivity index (χ3v) is 1.71. The van der Waals surface area contributed by atoms with Crippen LogP contribution in [0.15, 0.2) is 17.3 Å². The van der Waals surface area contributed by atoms with Crippen LogP contribution in [0.25, 0.3) is 0 Å². The zero-order chi connectivity index (χ0) is 11.4. The van der Waals surface area contributed by atoms with E-state index in [0.717, 1.165) is 13.1 Å². The molecule has 0 aliphatic rings. The first kappa shape index (κ1) is 14.1. The van der Waals surface area contributed by atoms with Crippen molar-refractivity contribution >= 4 is 6.21 Å². The van der Waals surface area contributed by atoms with Gasteiger partial charge in [0.2, 0.25) is 0 Å². The lowest BCUT2D eigenvalue weighted by Crippen LogP contribution is -2.29. The zero-order valence-electron chi connectivity index (χ0n) is 9.45. The number of nitrogens with two attached hydrogens (primary N) is 2. The van der Waals surface area contributed by atoms with E-state index in [-0.39, 0.29) is 0 Å². The smallest absolute Gasteiger partial charge is 0.0508 e. The second-order valence-electron chi connectivity index (χ2n) is 3.18. The summed E-state index contributed by atoms with van der Waals surface area (Å²) in [6, 6.07) is 0.335. The molecule has 0 bridgehead atoms. The molecular formula is C10H23N5. The molecule has 5 nitrogen and oxygen atoms in total. The number of hydrogen-bond acceptors (Lipinski definition) is 5. The lowest BCUT2D eigenvalue weighted by atomic mass is 10.3. The van der Waals surface area contributed by atoms with Gasteiger partial charge in [-0.2, -0.15) is 0 Å². The van der Waals surface area contributed by atoms with Gasteiger partial charge in [0.15, 0.2) is 0 Å². The molecule has 15 heavy (non-hydrogen) atoms. The van der Waals surface area contributed by atoms with E-state index in [4.69, 9.17) is 11.5 Å². The molecule has 0 fully saturated rings. The maximum Gasteiger partial charge on any atom is 0.0508 e. The Morgan fingerprint density at radius 2 is 2.13 bits per heavy atom. The van der Waals surface area contributed by atoms with Gasteiger partial charge in [0.1, 0.15) is 0 Å². The molecule has 88 valence electrons. The Bertz CT molecular complexity index is 179. The third-order valence-electron chi connectivity index (χ3n) is 1.71. The highest BCUT2D eigenvalue weighted by Gasteiger charge is 1.91. The van der Waals surface area contributed by atoms with Crippen molar-refractivity contribution in [3.63, 3.8) is 0 Å². The van der Waals surface area contributed by atoms with Crippen LogP contribution in [0.1, 0.15) is 6.92 Å². The van der Waals surface area contributed by atoms with Crippen molar-refractivity contribution in [2.75, 3.05) is 32.7 Å². The van der Waals surface area contributed by atoms with E-state index in [9.17, 15) is 0 Å². The first-order valence-corrected chi connectivity index (χ1v) is 5.33. The molecule has 0 heterocycles. The van der Waals surface area contributed by atoms with Crippen molar-refractivity contribution in [1.29, 1.82) is 0 Å². The quantitative estimate of drug-likeness (QED) is 0.294. The van der Waals surface area contributed by atoms with Crippen LogP contribution in [-0.2, 0) is 0 Å². The summed E-state index contributed by atoms with van der Waals surface area (Å²) in [6.07, 6.45) is 5.80. The standard InChI is InChI=1S/C10H23N5/c1-10(15-7-4-12)2-5-13-8-9-14-6-3-11/h2,5,9-10,13,15H,3-4,6-8,11-12H2,1H3/b5-2+,14-9?. The van der Waals surface area contributed by atoms with Gasteiger partial charge in [-0.05, 0) is 13.1 Å². The Labute approximate surface area is 92.0 Å². The van der Waals surface area contributed by atoms with Crippen LogP contribution in [0, 0.1) is 0 Å². The van der Waals surface area contributed by atoms with Crippen LogP contribution in [0.5, 0.6) is 0 Å². The van der Waals surface area contributed by atoms with Gasteiger partial charge in [-0.1, -0.05) is 6.08 Å². The molecule has 0 aliphatic carbocycles. The SMILES string of the molecule is CC(/C=C/NCC=NCCN)NCCN. The molecule has 5 heteroatoms. The molecule has 0 amide bonds. The van der Waals surface area contributed by atoms with Crippen molar-refractivity contribution in [2.45, 2.75) is 13.0 Å². The minimum Gasteiger partial charge on any atom is -0.386 e. The van der Waals surface area contributed by atoms with Gasteiger partial charge >= 0.3 is 0 Å². The number of aliphatic imine (C=N–C) groups is 1. The zero-order valence-corrected chi connectivity index (χ0v) is 9.45. The molecule has 0 spiro atoms. The summed E-state index contributed by atoms with van der Waals surface area (Å²) in [6.45, 7) is 5.61. The van der Waals surface area contributed by atoms with Crippen LogP contribution < -0.4 is 22.1 Å². The Kier molecular flexibility index (Phi) is 10.5. The second kappa shape index (κ2) is 11.2. The Morgan fingerprint density at radius 3 is 2.80 bits per heavy atom. The van der Waals surface area contributed by atoms with Crippen molar-refractivity contribution in [1.82, 2.24) is 10.6 Å². The van der Waals surface area contributed by atoms with Crippen molar-refractivity contribution in [3.8, 4) is 0 Å². The van der Waals surface area contributed by atoms with E-state index in [0.29, 0.717) is 25.7 Å². The number of nitrogens with one attached hydrogen (secondary N) is 2. The number of nitrogens with zero attached hydrogens (tertiary/aromatic N) is 1. The predicted octanol–water partition coefficient (Wildman–Crippen LogP) is -0.944. The molecule has 6 N–H and O–H groups in total. The van der Waals surface area contributed by atoms with Crippen LogP contribution >= 0.6 is 0 Å². The van der Waals surface area contributed by atoms with Gasteiger partial charge in [0.05, 0.1) is 6.54 Å². The first-order valence-electron chi connectivity index (χ1n) is 5.33. The Morgan fingerprint density at radius 1 is 1.33 bits per heavy atom. The van der Waals surface area contributed by atoms with Gasteiger partial charge in [-0.15, -0.1) is 0 Å². The number of hydrogen-bond donors (Lipinski definition) is 4. The van der Waals surface area contributed by atoms with E-state index in [1.165, 1.54) is 0 Å². The van der Waals surface area contributed by atoms with Gasteiger partial charge in [0.25, 0.3) is 0 Å². The lowest BCUT2D eigenvalue weighted by molar-refractivity contribution is 0.636. The van der Waals surface area contributed by atoms with Crippen molar-refractivity contribution in [3.05, 3.63) is 12.3 Å². The summed E-state index contributed by atoms with van der Waals surface area (Å²) < 4.78 is 0. The topological polar surface area (TPSA) is 88.5 Å². The van der Waals surface area contributed by atoms with Gasteiger partial charge in [0, 0.05) is 38.4 Å². The largest absolute Gasteiger partial charge is 0.386 e. The molecule has 0 rings (SSSR count). The average molecular weight is 213 g/mol. The minimum atomic E-state index is 0.335. The fraction of sp³-hybridized carbons (Fsp3) is 0.700. The highest BCUT2D eigenvalue weighted by molar-refractivity contribution is 5.59. The van der Waals surface area contributed by atoms with Gasteiger partial charge in [-0.25, -0.2) is 0 Å². The monoisotopic (exact) mass is 213 g/mol. The van der Waals surface area contributed by atoms with E-state index in [1.807, 2.05) is 18.5 Å². The van der Waals surface area contributed by atoms with Crippen molar-refractivity contribution < 1.29 is 0 Å². The summed E-state index contributed by atoms with van der Waals surface area (Å²) in [5.41, 5.74) is 10.7. The fourth-order valence-corrected chi connectivity index (χ4v) is 0.943. The van der Waals surface area contributed by atoms with Gasteiger partial charge < -0.3 is 22.1 Å². The average Bonchev–Trinajstić information content (AvgIpc) is 2.25. The van der Waals surface area contributed by atoms with E-state index >= 15 is 0 Å². The molecule has 0 saturated carbocycles. The van der Waals surface area contributed by atoms with Gasteiger partial charge in [-0.3, -0.25) is 4.99 Å². The normalized spacial score (nSPS) is 13.8. The summed E-state index contributed by atoms with van der Waals surface area (Å²) in [5, 5.41) is 6.35. The number of rotatable bonds is 9. The maximum atomic E-state index is 5.37. The summed E-state index contributed by atoms with van der Waals surface area (Å²) >= 11 is 0. The Hall–Kier alpha value is -0.910. The maximum absolute atomic E-state index is 5.37. The summed E-state index contributed by atoms with van der Waals surface area (Å²) in [5.74, 6) is 0. The van der Waals surface area contributed by atoms with Crippen LogP contribution in [-0.4, -0.2) is 45.0 Å². The summed E-state index contributed by atoms with van der Waals surface area (Å²) in [4.78, 5) is 4.08. The molecule has 0 saturated heterocycles. The molecular weight excluding hydrogens is 190 g/mol. The van der Waals surface area contributed by atoms with E-state index in [1.54, 1.807) is 0 Å². The molecule has 0 aromatic heterocycles. The minimum absolute atomic E-state index is 0.335. The van der Waals surface area contributed by atoms with E-state index in [2.05, 4.69) is 22.5 Å². The van der Waals surface area contributed by atoms with Crippen molar-refractivity contribution in [2.24, 2.45) is 16.5 Å². The first-order chi connectivity index (χ1) is 7.31. The van der Waals surface area contributed by atoms with Crippen LogP contribution in [0.4, 0.5) is 0 Å². The molecule has 0 aromatic rings. The molecule has 0 aromatic carbocycles. The van der Waals surface area contributed by atoms with Crippen LogP contribution in [0.3, 0.4) is 0 Å². The molecule has 0 aliphatic heterocycles. The molecule has 1 unspecified atom stereocenters. The summed E-state index contributed by atoms with van der Waals surface area (Å²) in [7, 11) is 0. The fourth-order valence-electron chi connectivity index (χ4n) is 0.943.